The molecule has 136 valence electrons. The van der Waals surface area contributed by atoms with Crippen molar-refractivity contribution < 1.29 is 17.9 Å². The molecule has 2 N–H and O–H groups in total. The first-order valence-electron chi connectivity index (χ1n) is 8.52. The number of hydrogen-bond donors (Lipinski definition) is 2. The highest BCUT2D eigenvalue weighted by Gasteiger charge is 2.28. The monoisotopic (exact) mass is 357 g/mol. The number of morpholine rings is 1. The van der Waals surface area contributed by atoms with Gasteiger partial charge in [-0.15, -0.1) is 0 Å². The average molecular weight is 357 g/mol. The van der Waals surface area contributed by atoms with Crippen molar-refractivity contribution in [1.82, 2.24) is 14.6 Å². The predicted octanol–water partition coefficient (Wildman–Crippen LogP) is 1.73. The van der Waals surface area contributed by atoms with Crippen LogP contribution in [-0.4, -0.2) is 56.0 Å². The predicted molar refractivity (Wildman–Crippen MR) is 91.4 cm³/mol. The zero-order valence-corrected chi connectivity index (χ0v) is 15.2. The van der Waals surface area contributed by atoms with Crippen LogP contribution in [0.3, 0.4) is 0 Å². The maximum Gasteiger partial charge on any atom is 0.267 e. The van der Waals surface area contributed by atoms with Gasteiger partial charge in [-0.25, -0.2) is 8.42 Å². The summed E-state index contributed by atoms with van der Waals surface area (Å²) in [7, 11) is -3.58. The third kappa shape index (κ3) is 4.81. The van der Waals surface area contributed by atoms with Crippen molar-refractivity contribution in [3.8, 4) is 0 Å². The van der Waals surface area contributed by atoms with Crippen LogP contribution in [0, 0.1) is 0 Å². The highest BCUT2D eigenvalue weighted by Crippen LogP contribution is 2.18. The lowest BCUT2D eigenvalue weighted by atomic mass is 10.1. The molecule has 1 aromatic heterocycles. The van der Waals surface area contributed by atoms with Gasteiger partial charge in [0.1, 0.15) is 10.6 Å². The van der Waals surface area contributed by atoms with E-state index in [1.54, 1.807) is 0 Å². The molecule has 0 spiro atoms. The maximum atomic E-state index is 12.5. The van der Waals surface area contributed by atoms with E-state index in [1.807, 2.05) is 6.92 Å². The van der Waals surface area contributed by atoms with Gasteiger partial charge in [-0.1, -0.05) is 26.2 Å². The van der Waals surface area contributed by atoms with Gasteiger partial charge in [0.15, 0.2) is 0 Å². The summed E-state index contributed by atoms with van der Waals surface area (Å²) in [5, 5.41) is 2.90. The van der Waals surface area contributed by atoms with Gasteiger partial charge >= 0.3 is 0 Å². The number of H-pyrrole nitrogens is 1. The highest BCUT2D eigenvalue weighted by molar-refractivity contribution is 7.89. The summed E-state index contributed by atoms with van der Waals surface area (Å²) in [6.45, 7) is 5.56. The number of ether oxygens (including phenoxy) is 1. The molecule has 2 heterocycles. The third-order valence-electron chi connectivity index (χ3n) is 4.13. The number of nitrogens with one attached hydrogen (secondary N) is 2. The minimum atomic E-state index is -3.58. The lowest BCUT2D eigenvalue weighted by molar-refractivity contribution is 0.0730. The summed E-state index contributed by atoms with van der Waals surface area (Å²) in [6.07, 6.45) is 5.64. The fourth-order valence-corrected chi connectivity index (χ4v) is 4.07. The first-order chi connectivity index (χ1) is 11.4. The van der Waals surface area contributed by atoms with E-state index in [0.717, 1.165) is 25.7 Å². The van der Waals surface area contributed by atoms with E-state index < -0.39 is 10.0 Å². The molecule has 0 aromatic carbocycles. The Kier molecular flexibility index (Phi) is 6.82. The van der Waals surface area contributed by atoms with Crippen LogP contribution >= 0.6 is 0 Å². The molecule has 0 bridgehead atoms. The second-order valence-corrected chi connectivity index (χ2v) is 8.07. The van der Waals surface area contributed by atoms with Crippen molar-refractivity contribution in [3.05, 3.63) is 18.0 Å². The van der Waals surface area contributed by atoms with Crippen molar-refractivity contribution in [1.29, 1.82) is 0 Å². The molecule has 1 atom stereocenters. The van der Waals surface area contributed by atoms with Crippen LogP contribution in [0.15, 0.2) is 17.2 Å². The fraction of sp³-hybridized carbons (Fsp3) is 0.688. The van der Waals surface area contributed by atoms with Crippen molar-refractivity contribution in [2.75, 3.05) is 26.3 Å². The first kappa shape index (κ1) is 19.0. The Bertz CT molecular complexity index is 636. The Morgan fingerprint density at radius 3 is 2.75 bits per heavy atom. The minimum Gasteiger partial charge on any atom is -0.379 e. The molecule has 1 amide bonds. The zero-order valence-electron chi connectivity index (χ0n) is 14.4. The van der Waals surface area contributed by atoms with Gasteiger partial charge in [-0.2, -0.15) is 4.31 Å². The van der Waals surface area contributed by atoms with E-state index in [-0.39, 0.29) is 22.5 Å². The number of unbranched alkanes of at least 4 members (excludes halogenated alkanes) is 2. The van der Waals surface area contributed by atoms with Crippen LogP contribution in [0.1, 0.15) is 50.0 Å². The normalized spacial score (nSPS) is 17.6. The Labute approximate surface area is 143 Å². The van der Waals surface area contributed by atoms with Gasteiger partial charge in [0.2, 0.25) is 10.0 Å². The number of aromatic amines is 1. The summed E-state index contributed by atoms with van der Waals surface area (Å²) in [6, 6.07) is 1.46. The number of amides is 1. The van der Waals surface area contributed by atoms with Crippen LogP contribution < -0.4 is 5.32 Å². The molecule has 1 fully saturated rings. The SMILES string of the molecule is CCCCCC(C)NC(=O)c1cc(S(=O)(=O)N2CCOCC2)c[nH]1. The van der Waals surface area contributed by atoms with Crippen LogP contribution in [0.25, 0.3) is 0 Å². The lowest BCUT2D eigenvalue weighted by Gasteiger charge is -2.25. The molecule has 0 aliphatic carbocycles. The second-order valence-electron chi connectivity index (χ2n) is 6.14. The molecular formula is C16H27N3O4S. The molecule has 1 unspecified atom stereocenters. The van der Waals surface area contributed by atoms with Crippen molar-refractivity contribution in [3.63, 3.8) is 0 Å². The maximum absolute atomic E-state index is 12.5. The molecule has 0 radical (unpaired) electrons. The number of sulfonamides is 1. The van der Waals surface area contributed by atoms with Crippen LogP contribution in [0.2, 0.25) is 0 Å². The summed E-state index contributed by atoms with van der Waals surface area (Å²) < 4.78 is 31.6. The van der Waals surface area contributed by atoms with Crippen molar-refractivity contribution in [2.45, 2.75) is 50.5 Å². The first-order valence-corrected chi connectivity index (χ1v) is 9.96. The quantitative estimate of drug-likeness (QED) is 0.693. The zero-order chi connectivity index (χ0) is 17.6. The van der Waals surface area contributed by atoms with E-state index in [2.05, 4.69) is 17.2 Å². The van der Waals surface area contributed by atoms with Crippen LogP contribution in [-0.2, 0) is 14.8 Å². The van der Waals surface area contributed by atoms with E-state index in [0.29, 0.717) is 26.3 Å². The molecule has 7 nitrogen and oxygen atoms in total. The minimum absolute atomic E-state index is 0.0617. The van der Waals surface area contributed by atoms with E-state index in [9.17, 15) is 13.2 Å². The average Bonchev–Trinajstić information content (AvgIpc) is 3.07. The molecule has 1 aliphatic rings. The van der Waals surface area contributed by atoms with E-state index in [1.165, 1.54) is 16.6 Å². The Morgan fingerprint density at radius 2 is 2.08 bits per heavy atom. The Morgan fingerprint density at radius 1 is 1.38 bits per heavy atom. The van der Waals surface area contributed by atoms with Gasteiger partial charge in [-0.05, 0) is 19.4 Å². The number of aromatic nitrogens is 1. The number of rotatable bonds is 8. The smallest absolute Gasteiger partial charge is 0.267 e. The molecule has 0 saturated carbocycles. The van der Waals surface area contributed by atoms with E-state index in [4.69, 9.17) is 4.74 Å². The molecule has 8 heteroatoms. The Balaban J connectivity index is 1.97. The Hall–Kier alpha value is -1.38. The van der Waals surface area contributed by atoms with Gasteiger partial charge in [0.25, 0.3) is 5.91 Å². The van der Waals surface area contributed by atoms with Crippen LogP contribution in [0.5, 0.6) is 0 Å². The molecule has 2 rings (SSSR count). The number of carbonyl (C=O) groups excluding carboxylic acids is 1. The second kappa shape index (κ2) is 8.64. The topological polar surface area (TPSA) is 91.5 Å². The standard InChI is InChI=1S/C16H27N3O4S/c1-3-4-5-6-13(2)18-16(20)15-11-14(12-17-15)24(21,22)19-7-9-23-10-8-19/h11-13,17H,3-10H2,1-2H3,(H,18,20). The molecule has 1 saturated heterocycles. The summed E-state index contributed by atoms with van der Waals surface area (Å²) in [5.41, 5.74) is 0.268. The number of hydrogen-bond acceptors (Lipinski definition) is 4. The lowest BCUT2D eigenvalue weighted by Crippen LogP contribution is -2.40. The van der Waals surface area contributed by atoms with Crippen molar-refractivity contribution in [2.24, 2.45) is 0 Å². The van der Waals surface area contributed by atoms with Gasteiger partial charge in [0, 0.05) is 25.3 Å². The molecule has 1 aromatic rings. The van der Waals surface area contributed by atoms with Gasteiger partial charge in [-0.3, -0.25) is 4.79 Å². The van der Waals surface area contributed by atoms with Crippen LogP contribution in [0.4, 0.5) is 0 Å². The van der Waals surface area contributed by atoms with Gasteiger partial charge in [0.05, 0.1) is 13.2 Å². The van der Waals surface area contributed by atoms with E-state index >= 15 is 0 Å². The summed E-state index contributed by atoms with van der Waals surface area (Å²) in [5.74, 6) is -0.276. The number of nitrogens with zero attached hydrogens (tertiary/aromatic N) is 1. The fourth-order valence-electron chi connectivity index (χ4n) is 2.66. The summed E-state index contributed by atoms with van der Waals surface area (Å²) >= 11 is 0. The molecular weight excluding hydrogens is 330 g/mol. The molecule has 24 heavy (non-hydrogen) atoms. The number of carbonyl (C=O) groups is 1. The largest absolute Gasteiger partial charge is 0.379 e. The van der Waals surface area contributed by atoms with Gasteiger partial charge < -0.3 is 15.0 Å². The third-order valence-corrected chi connectivity index (χ3v) is 6.00. The molecule has 1 aliphatic heterocycles. The highest BCUT2D eigenvalue weighted by atomic mass is 32.2. The summed E-state index contributed by atoms with van der Waals surface area (Å²) in [4.78, 5) is 15.1. The van der Waals surface area contributed by atoms with Crippen molar-refractivity contribution >= 4 is 15.9 Å².